The van der Waals surface area contributed by atoms with Crippen LogP contribution in [0.3, 0.4) is 0 Å². The second-order valence-electron chi connectivity index (χ2n) is 13.6. The van der Waals surface area contributed by atoms with Gasteiger partial charge in [0.2, 0.25) is 0 Å². The Morgan fingerprint density at radius 3 is 0.685 bits per heavy atom. The Morgan fingerprint density at radius 1 is 0.241 bits per heavy atom. The monoisotopic (exact) mass is 695 g/mol. The third-order valence-corrected chi connectivity index (χ3v) is 10.5. The van der Waals surface area contributed by atoms with Crippen molar-refractivity contribution in [1.82, 2.24) is 0 Å². The first kappa shape index (κ1) is 31.5. The van der Waals surface area contributed by atoms with E-state index in [1.165, 1.54) is 0 Å². The van der Waals surface area contributed by atoms with Crippen molar-refractivity contribution in [3.05, 3.63) is 206 Å². The Hall–Kier alpha value is -7.24. The fourth-order valence-electron chi connectivity index (χ4n) is 7.95. The molecule has 2 aliphatic rings. The maximum atomic E-state index is 2.37. The second-order valence-corrected chi connectivity index (χ2v) is 13.6. The average Bonchev–Trinajstić information content (AvgIpc) is 3.25. The van der Waals surface area contributed by atoms with Gasteiger partial charge >= 0.3 is 0 Å². The van der Waals surface area contributed by atoms with Crippen LogP contribution in [-0.4, -0.2) is 7.05 Å². The molecular weight excluding hydrogens is 659 g/mol. The molecule has 0 amide bonds. The van der Waals surface area contributed by atoms with Crippen LogP contribution in [-0.2, 0) is 0 Å². The van der Waals surface area contributed by atoms with E-state index < -0.39 is 0 Å². The molecule has 8 aromatic carbocycles. The molecule has 5 heteroatoms. The summed E-state index contributed by atoms with van der Waals surface area (Å²) in [6.07, 6.45) is 0. The van der Waals surface area contributed by atoms with E-state index in [2.05, 4.69) is 238 Å². The zero-order chi connectivity index (χ0) is 36.0. The quantitative estimate of drug-likeness (QED) is 0.172. The third-order valence-electron chi connectivity index (χ3n) is 10.5. The summed E-state index contributed by atoms with van der Waals surface area (Å²) in [7, 11) is 2.14. The number of anilines is 14. The highest BCUT2D eigenvalue weighted by molar-refractivity contribution is 6.03. The van der Waals surface area contributed by atoms with E-state index >= 15 is 0 Å². The molecule has 0 saturated carbocycles. The summed E-state index contributed by atoms with van der Waals surface area (Å²) in [5.41, 5.74) is 15.9. The number of rotatable bonds is 6. The number of hydrogen-bond donors (Lipinski definition) is 0. The minimum absolute atomic E-state index is 1.11. The molecule has 0 aliphatic carbocycles. The van der Waals surface area contributed by atoms with Gasteiger partial charge in [-0.1, -0.05) is 84.9 Å². The van der Waals surface area contributed by atoms with Crippen molar-refractivity contribution in [2.45, 2.75) is 0 Å². The highest BCUT2D eigenvalue weighted by atomic mass is 15.3. The van der Waals surface area contributed by atoms with Crippen molar-refractivity contribution in [2.75, 3.05) is 31.5 Å². The molecule has 0 saturated heterocycles. The van der Waals surface area contributed by atoms with Crippen molar-refractivity contribution in [3.63, 3.8) is 0 Å². The zero-order valence-electron chi connectivity index (χ0n) is 29.9. The third kappa shape index (κ3) is 5.17. The highest BCUT2D eigenvalue weighted by Gasteiger charge is 2.31. The number of benzene rings is 8. The number of nitrogens with zero attached hydrogens (tertiary/aromatic N) is 5. The van der Waals surface area contributed by atoms with E-state index in [0.29, 0.717) is 0 Å². The Balaban J connectivity index is 0.962. The van der Waals surface area contributed by atoms with Crippen LogP contribution in [0.15, 0.2) is 206 Å². The molecule has 0 atom stereocenters. The van der Waals surface area contributed by atoms with Crippen LogP contribution in [0, 0.1) is 0 Å². The molecule has 0 unspecified atom stereocenters. The Kier molecular flexibility index (Phi) is 7.62. The normalized spacial score (nSPS) is 12.8. The molecule has 2 aliphatic heterocycles. The van der Waals surface area contributed by atoms with Crippen LogP contribution >= 0.6 is 0 Å². The predicted molar refractivity (Wildman–Crippen MR) is 227 cm³/mol. The SMILES string of the molecule is CN(c1ccc(N2c3ccccc3N(c3ccccc3)c3ccccc32)cc1)c1ccc(N2c3ccccc3N(c3ccccc3)c3ccccc32)cc1. The van der Waals surface area contributed by atoms with Crippen molar-refractivity contribution in [2.24, 2.45) is 0 Å². The van der Waals surface area contributed by atoms with Gasteiger partial charge in [0.1, 0.15) is 0 Å². The fraction of sp³-hybridized carbons (Fsp3) is 0.0204. The molecule has 0 aromatic heterocycles. The largest absolute Gasteiger partial charge is 0.345 e. The topological polar surface area (TPSA) is 16.2 Å². The van der Waals surface area contributed by atoms with Crippen molar-refractivity contribution in [1.29, 1.82) is 0 Å². The van der Waals surface area contributed by atoms with Gasteiger partial charge < -0.3 is 24.5 Å². The molecule has 0 N–H and O–H groups in total. The van der Waals surface area contributed by atoms with Gasteiger partial charge in [0.15, 0.2) is 0 Å². The van der Waals surface area contributed by atoms with E-state index in [9.17, 15) is 0 Å². The smallest absolute Gasteiger partial charge is 0.0703 e. The molecule has 2 heterocycles. The predicted octanol–water partition coefficient (Wildman–Crippen LogP) is 14.0. The van der Waals surface area contributed by atoms with Crippen LogP contribution < -0.4 is 24.5 Å². The van der Waals surface area contributed by atoms with Gasteiger partial charge in [-0.3, -0.25) is 0 Å². The van der Waals surface area contributed by atoms with Crippen molar-refractivity contribution >= 4 is 79.6 Å². The summed E-state index contributed by atoms with van der Waals surface area (Å²) in [4.78, 5) is 11.7. The summed E-state index contributed by atoms with van der Waals surface area (Å²) in [6.45, 7) is 0. The Morgan fingerprint density at radius 2 is 0.444 bits per heavy atom. The van der Waals surface area contributed by atoms with Crippen LogP contribution in [0.1, 0.15) is 0 Å². The van der Waals surface area contributed by atoms with Gasteiger partial charge in [-0.15, -0.1) is 0 Å². The maximum Gasteiger partial charge on any atom is 0.0703 e. The summed E-state index contributed by atoms with van der Waals surface area (Å²) in [5, 5.41) is 0. The van der Waals surface area contributed by atoms with Crippen LogP contribution in [0.5, 0.6) is 0 Å². The lowest BCUT2D eigenvalue weighted by molar-refractivity contribution is 1.16. The molecule has 0 fully saturated rings. The molecule has 54 heavy (non-hydrogen) atoms. The summed E-state index contributed by atoms with van der Waals surface area (Å²) in [5.74, 6) is 0. The molecule has 8 aromatic rings. The van der Waals surface area contributed by atoms with E-state index in [4.69, 9.17) is 0 Å². The van der Waals surface area contributed by atoms with Gasteiger partial charge in [0, 0.05) is 41.2 Å². The van der Waals surface area contributed by atoms with Crippen molar-refractivity contribution in [3.8, 4) is 0 Å². The molecule has 0 radical (unpaired) electrons. The standard InChI is InChI=1S/C49H37N5/c1-50(36-28-32-40(33-29-36)53-46-24-12-8-20-42(46)51(38-16-4-2-5-17-38)43-21-9-13-25-47(43)53)37-30-34-41(35-31-37)54-48-26-14-10-22-44(48)52(39-18-6-3-7-19-39)45-23-11-15-27-49(45)54/h2-35H,1H3. The van der Waals surface area contributed by atoms with Crippen LogP contribution in [0.2, 0.25) is 0 Å². The van der Waals surface area contributed by atoms with E-state index in [-0.39, 0.29) is 0 Å². The molecular formula is C49H37N5. The summed E-state index contributed by atoms with van der Waals surface area (Å²) < 4.78 is 0. The molecule has 0 bridgehead atoms. The molecule has 0 spiro atoms. The minimum atomic E-state index is 1.11. The Labute approximate surface area is 316 Å². The fourth-order valence-corrected chi connectivity index (χ4v) is 7.95. The minimum Gasteiger partial charge on any atom is -0.345 e. The van der Waals surface area contributed by atoms with E-state index in [1.54, 1.807) is 0 Å². The first-order valence-electron chi connectivity index (χ1n) is 18.4. The first-order valence-corrected chi connectivity index (χ1v) is 18.4. The molecule has 5 nitrogen and oxygen atoms in total. The Bertz CT molecular complexity index is 2310. The number of hydrogen-bond acceptors (Lipinski definition) is 5. The summed E-state index contributed by atoms with van der Waals surface area (Å²) >= 11 is 0. The van der Waals surface area contributed by atoms with E-state index in [1.807, 2.05) is 0 Å². The first-order chi connectivity index (χ1) is 26.7. The second kappa shape index (κ2) is 13.1. The molecule has 10 rings (SSSR count). The molecule has 258 valence electrons. The summed E-state index contributed by atoms with van der Waals surface area (Å²) in [6, 6.07) is 73.6. The zero-order valence-corrected chi connectivity index (χ0v) is 29.9. The van der Waals surface area contributed by atoms with Gasteiger partial charge in [-0.2, -0.15) is 0 Å². The van der Waals surface area contributed by atoms with E-state index in [0.717, 1.165) is 79.6 Å². The van der Waals surface area contributed by atoms with Gasteiger partial charge in [-0.25, -0.2) is 0 Å². The van der Waals surface area contributed by atoms with Crippen molar-refractivity contribution < 1.29 is 0 Å². The number of para-hydroxylation sites is 10. The lowest BCUT2D eigenvalue weighted by Gasteiger charge is -2.40. The van der Waals surface area contributed by atoms with Crippen LogP contribution in [0.25, 0.3) is 0 Å². The maximum absolute atomic E-state index is 2.37. The average molecular weight is 696 g/mol. The lowest BCUT2D eigenvalue weighted by atomic mass is 10.0. The van der Waals surface area contributed by atoms with Gasteiger partial charge in [0.25, 0.3) is 0 Å². The van der Waals surface area contributed by atoms with Gasteiger partial charge in [0.05, 0.1) is 45.5 Å². The van der Waals surface area contributed by atoms with Gasteiger partial charge in [-0.05, 0) is 121 Å². The highest BCUT2D eigenvalue weighted by Crippen LogP contribution is 2.55. The number of fused-ring (bicyclic) bond motifs is 4. The lowest BCUT2D eigenvalue weighted by Crippen LogP contribution is -2.24. The van der Waals surface area contributed by atoms with Crippen LogP contribution in [0.4, 0.5) is 79.6 Å².